The van der Waals surface area contributed by atoms with E-state index in [9.17, 15) is 4.79 Å². The van der Waals surface area contributed by atoms with Gasteiger partial charge in [-0.05, 0) is 32.2 Å². The maximum atomic E-state index is 11.4. The second-order valence-corrected chi connectivity index (χ2v) is 4.60. The molecule has 0 aromatic heterocycles. The standard InChI is InChI=1S/C13H22N2O2/c1-17-13(16)11-15(10-6-2-5-9-14)12-7-3-4-8-12/h12H,2-8,10-11H2,1H3. The first-order valence-corrected chi connectivity index (χ1v) is 6.45. The normalized spacial score (nSPS) is 16.1. The predicted molar refractivity (Wildman–Crippen MR) is 65.3 cm³/mol. The molecule has 0 aliphatic heterocycles. The lowest BCUT2D eigenvalue weighted by molar-refractivity contribution is -0.142. The Morgan fingerprint density at radius 2 is 2.12 bits per heavy atom. The van der Waals surface area contributed by atoms with Crippen LogP contribution < -0.4 is 0 Å². The molecule has 0 unspecified atom stereocenters. The first-order chi connectivity index (χ1) is 8.27. The molecule has 96 valence electrons. The quantitative estimate of drug-likeness (QED) is 0.503. The first kappa shape index (κ1) is 14.0. The van der Waals surface area contributed by atoms with Crippen molar-refractivity contribution in [3.05, 3.63) is 0 Å². The Balaban J connectivity index is 2.35. The molecule has 4 heteroatoms. The van der Waals surface area contributed by atoms with Crippen molar-refractivity contribution in [3.63, 3.8) is 0 Å². The second-order valence-electron chi connectivity index (χ2n) is 4.60. The molecule has 17 heavy (non-hydrogen) atoms. The Hall–Kier alpha value is -1.08. The number of ether oxygens (including phenoxy) is 1. The van der Waals surface area contributed by atoms with Crippen LogP contribution in [0.1, 0.15) is 44.9 Å². The summed E-state index contributed by atoms with van der Waals surface area (Å²) in [5.74, 6) is -0.155. The molecule has 0 radical (unpaired) electrons. The van der Waals surface area contributed by atoms with Gasteiger partial charge < -0.3 is 4.74 Å². The Kier molecular flexibility index (Phi) is 6.64. The number of nitriles is 1. The van der Waals surface area contributed by atoms with Gasteiger partial charge in [0.2, 0.25) is 0 Å². The molecule has 0 saturated heterocycles. The summed E-state index contributed by atoms with van der Waals surface area (Å²) in [7, 11) is 1.44. The van der Waals surface area contributed by atoms with Gasteiger partial charge in [-0.15, -0.1) is 0 Å². The number of methoxy groups -OCH3 is 1. The smallest absolute Gasteiger partial charge is 0.319 e. The van der Waals surface area contributed by atoms with Crippen molar-refractivity contribution in [2.24, 2.45) is 0 Å². The maximum absolute atomic E-state index is 11.4. The van der Waals surface area contributed by atoms with Crippen LogP contribution >= 0.6 is 0 Å². The van der Waals surface area contributed by atoms with Gasteiger partial charge in [-0.1, -0.05) is 12.8 Å². The molecule has 1 fully saturated rings. The minimum Gasteiger partial charge on any atom is -0.468 e. The highest BCUT2D eigenvalue weighted by atomic mass is 16.5. The molecular weight excluding hydrogens is 216 g/mol. The number of carbonyl (C=O) groups excluding carboxylic acids is 1. The first-order valence-electron chi connectivity index (χ1n) is 6.45. The van der Waals surface area contributed by atoms with Crippen LogP contribution in [0.15, 0.2) is 0 Å². The Morgan fingerprint density at radius 3 is 2.71 bits per heavy atom. The lowest BCUT2D eigenvalue weighted by Crippen LogP contribution is -2.38. The number of rotatable bonds is 7. The van der Waals surface area contributed by atoms with Crippen LogP contribution in [-0.4, -0.2) is 37.1 Å². The summed E-state index contributed by atoms with van der Waals surface area (Å²) in [6.07, 6.45) is 7.42. The molecule has 0 bridgehead atoms. The van der Waals surface area contributed by atoms with E-state index in [0.29, 0.717) is 19.0 Å². The topological polar surface area (TPSA) is 53.3 Å². The van der Waals surface area contributed by atoms with Crippen molar-refractivity contribution in [1.82, 2.24) is 4.90 Å². The Bertz CT molecular complexity index is 267. The van der Waals surface area contributed by atoms with Gasteiger partial charge in [0.05, 0.1) is 19.7 Å². The lowest BCUT2D eigenvalue weighted by Gasteiger charge is -2.27. The number of esters is 1. The number of hydrogen-bond acceptors (Lipinski definition) is 4. The Morgan fingerprint density at radius 1 is 1.41 bits per heavy atom. The van der Waals surface area contributed by atoms with Gasteiger partial charge in [-0.2, -0.15) is 5.26 Å². The highest BCUT2D eigenvalue weighted by molar-refractivity contribution is 5.71. The van der Waals surface area contributed by atoms with E-state index < -0.39 is 0 Å². The van der Waals surface area contributed by atoms with Crippen LogP contribution in [0, 0.1) is 11.3 Å². The molecule has 1 aliphatic carbocycles. The summed E-state index contributed by atoms with van der Waals surface area (Å²) in [6.45, 7) is 1.30. The van der Waals surface area contributed by atoms with Crippen molar-refractivity contribution in [2.75, 3.05) is 20.2 Å². The summed E-state index contributed by atoms with van der Waals surface area (Å²) in [6, 6.07) is 2.69. The van der Waals surface area contributed by atoms with Crippen molar-refractivity contribution in [1.29, 1.82) is 5.26 Å². The zero-order chi connectivity index (χ0) is 12.5. The van der Waals surface area contributed by atoms with E-state index in [1.165, 1.54) is 32.8 Å². The molecule has 0 aromatic carbocycles. The fourth-order valence-corrected chi connectivity index (χ4v) is 2.41. The molecule has 0 heterocycles. The van der Waals surface area contributed by atoms with Crippen LogP contribution in [0.4, 0.5) is 0 Å². The Labute approximate surface area is 104 Å². The van der Waals surface area contributed by atoms with E-state index in [1.54, 1.807) is 0 Å². The summed E-state index contributed by atoms with van der Waals surface area (Å²) >= 11 is 0. The zero-order valence-electron chi connectivity index (χ0n) is 10.7. The van der Waals surface area contributed by atoms with E-state index in [2.05, 4.69) is 11.0 Å². The number of carbonyl (C=O) groups is 1. The average Bonchev–Trinajstić information content (AvgIpc) is 2.86. The molecule has 0 aromatic rings. The predicted octanol–water partition coefficient (Wildman–Crippen LogP) is 2.10. The summed E-state index contributed by atoms with van der Waals surface area (Å²) in [5, 5.41) is 8.49. The van der Waals surface area contributed by atoms with E-state index in [4.69, 9.17) is 10.00 Å². The fraction of sp³-hybridized carbons (Fsp3) is 0.846. The largest absolute Gasteiger partial charge is 0.468 e. The van der Waals surface area contributed by atoms with Crippen LogP contribution in [0.3, 0.4) is 0 Å². The molecule has 0 atom stereocenters. The molecule has 1 saturated carbocycles. The van der Waals surface area contributed by atoms with Crippen LogP contribution in [0.5, 0.6) is 0 Å². The summed E-state index contributed by atoms with van der Waals surface area (Å²) in [4.78, 5) is 13.6. The van der Waals surface area contributed by atoms with E-state index >= 15 is 0 Å². The van der Waals surface area contributed by atoms with Crippen LogP contribution in [0.25, 0.3) is 0 Å². The minimum absolute atomic E-state index is 0.155. The van der Waals surface area contributed by atoms with Gasteiger partial charge >= 0.3 is 5.97 Å². The number of nitrogens with zero attached hydrogens (tertiary/aromatic N) is 2. The SMILES string of the molecule is COC(=O)CN(CCCCC#N)C1CCCC1. The van der Waals surface area contributed by atoms with Crippen molar-refractivity contribution in [3.8, 4) is 6.07 Å². The maximum Gasteiger partial charge on any atom is 0.319 e. The van der Waals surface area contributed by atoms with Gasteiger partial charge in [-0.3, -0.25) is 9.69 Å². The number of hydrogen-bond donors (Lipinski definition) is 0. The number of unbranched alkanes of at least 4 members (excludes halogenated alkanes) is 2. The van der Waals surface area contributed by atoms with Gasteiger partial charge in [-0.25, -0.2) is 0 Å². The highest BCUT2D eigenvalue weighted by Crippen LogP contribution is 2.23. The van der Waals surface area contributed by atoms with E-state index in [0.717, 1.165) is 19.4 Å². The molecule has 1 aliphatic rings. The molecular formula is C13H22N2O2. The van der Waals surface area contributed by atoms with Crippen LogP contribution in [0.2, 0.25) is 0 Å². The molecule has 0 amide bonds. The third kappa shape index (κ3) is 5.18. The molecule has 0 spiro atoms. The highest BCUT2D eigenvalue weighted by Gasteiger charge is 2.24. The van der Waals surface area contributed by atoms with Crippen molar-refractivity contribution < 1.29 is 9.53 Å². The molecule has 1 rings (SSSR count). The third-order valence-corrected chi connectivity index (χ3v) is 3.38. The second kappa shape index (κ2) is 8.08. The van der Waals surface area contributed by atoms with E-state index in [-0.39, 0.29) is 5.97 Å². The monoisotopic (exact) mass is 238 g/mol. The van der Waals surface area contributed by atoms with Gasteiger partial charge in [0.1, 0.15) is 0 Å². The van der Waals surface area contributed by atoms with Gasteiger partial charge in [0.15, 0.2) is 0 Å². The summed E-state index contributed by atoms with van der Waals surface area (Å²) < 4.78 is 4.73. The van der Waals surface area contributed by atoms with E-state index in [1.807, 2.05) is 0 Å². The average molecular weight is 238 g/mol. The van der Waals surface area contributed by atoms with Gasteiger partial charge in [0, 0.05) is 12.5 Å². The molecule has 0 N–H and O–H groups in total. The fourth-order valence-electron chi connectivity index (χ4n) is 2.41. The van der Waals surface area contributed by atoms with Crippen LogP contribution in [-0.2, 0) is 9.53 Å². The van der Waals surface area contributed by atoms with Crippen molar-refractivity contribution >= 4 is 5.97 Å². The van der Waals surface area contributed by atoms with Gasteiger partial charge in [0.25, 0.3) is 0 Å². The lowest BCUT2D eigenvalue weighted by atomic mass is 10.1. The molecule has 4 nitrogen and oxygen atoms in total. The third-order valence-electron chi connectivity index (χ3n) is 3.38. The minimum atomic E-state index is -0.155. The summed E-state index contributed by atoms with van der Waals surface area (Å²) in [5.41, 5.74) is 0. The van der Waals surface area contributed by atoms with Crippen molar-refractivity contribution in [2.45, 2.75) is 51.0 Å². The zero-order valence-corrected chi connectivity index (χ0v) is 10.7.